The number of ether oxygens (including phenoxy) is 1. The second-order valence-electron chi connectivity index (χ2n) is 8.77. The Balaban J connectivity index is 1.51. The van der Waals surface area contributed by atoms with Crippen molar-refractivity contribution >= 4 is 17.0 Å². The summed E-state index contributed by atoms with van der Waals surface area (Å²) in [7, 11) is 0. The molecule has 1 unspecified atom stereocenters. The van der Waals surface area contributed by atoms with Crippen LogP contribution >= 0.6 is 0 Å². The maximum absolute atomic E-state index is 13.1. The maximum Gasteiger partial charge on any atom is 0.415 e. The molecule has 1 atom stereocenters. The van der Waals surface area contributed by atoms with Crippen LogP contribution in [0.4, 0.5) is 4.79 Å². The van der Waals surface area contributed by atoms with E-state index in [1.54, 1.807) is 17.0 Å². The molecule has 1 aliphatic rings. The SMILES string of the molecule is CCc1ccc(C2CN(C(=O)Oc3ccc(O)cc3)CCc3c2[nH]c2ccc(C)cc32)cc1. The van der Waals surface area contributed by atoms with Crippen molar-refractivity contribution in [2.75, 3.05) is 13.1 Å². The van der Waals surface area contributed by atoms with Gasteiger partial charge in [-0.05, 0) is 72.9 Å². The first-order chi connectivity index (χ1) is 16.0. The number of phenolic OH excluding ortho intramolecular Hbond substituents is 1. The Morgan fingerprint density at radius 3 is 2.58 bits per heavy atom. The minimum Gasteiger partial charge on any atom is -0.508 e. The van der Waals surface area contributed by atoms with Crippen LogP contribution in [0.15, 0.2) is 66.7 Å². The normalized spacial score (nSPS) is 15.8. The lowest BCUT2D eigenvalue weighted by molar-refractivity contribution is 0.152. The molecule has 5 heteroatoms. The molecule has 3 aromatic carbocycles. The van der Waals surface area contributed by atoms with E-state index in [1.165, 1.54) is 45.5 Å². The van der Waals surface area contributed by atoms with Crippen molar-refractivity contribution in [1.82, 2.24) is 9.88 Å². The molecule has 2 N–H and O–H groups in total. The molecule has 0 saturated heterocycles. The first-order valence-corrected chi connectivity index (χ1v) is 11.5. The Morgan fingerprint density at radius 1 is 1.09 bits per heavy atom. The highest BCUT2D eigenvalue weighted by Gasteiger charge is 2.30. The molecule has 33 heavy (non-hydrogen) atoms. The van der Waals surface area contributed by atoms with Crippen molar-refractivity contribution in [3.8, 4) is 11.5 Å². The number of aromatic amines is 1. The predicted molar refractivity (Wildman–Crippen MR) is 130 cm³/mol. The van der Waals surface area contributed by atoms with Crippen LogP contribution in [0.25, 0.3) is 10.9 Å². The fourth-order valence-corrected chi connectivity index (χ4v) is 4.70. The molecule has 0 aliphatic carbocycles. The number of aromatic nitrogens is 1. The average Bonchev–Trinajstić information content (AvgIpc) is 3.06. The van der Waals surface area contributed by atoms with Gasteiger partial charge in [-0.25, -0.2) is 4.79 Å². The van der Waals surface area contributed by atoms with Crippen molar-refractivity contribution in [3.05, 3.63) is 94.7 Å². The van der Waals surface area contributed by atoms with Gasteiger partial charge < -0.3 is 19.7 Å². The molecule has 5 nitrogen and oxygen atoms in total. The number of phenols is 1. The molecular formula is C28H28N2O3. The first kappa shape index (κ1) is 21.1. The second-order valence-corrected chi connectivity index (χ2v) is 8.77. The van der Waals surface area contributed by atoms with Gasteiger partial charge in [0.05, 0.1) is 0 Å². The number of amides is 1. The van der Waals surface area contributed by atoms with Crippen molar-refractivity contribution in [2.24, 2.45) is 0 Å². The van der Waals surface area contributed by atoms with Gasteiger partial charge in [0.15, 0.2) is 0 Å². The van der Waals surface area contributed by atoms with Crippen LogP contribution in [-0.4, -0.2) is 34.2 Å². The zero-order chi connectivity index (χ0) is 22.9. The lowest BCUT2D eigenvalue weighted by Crippen LogP contribution is -2.37. The summed E-state index contributed by atoms with van der Waals surface area (Å²) in [4.78, 5) is 18.6. The van der Waals surface area contributed by atoms with Crippen molar-refractivity contribution < 1.29 is 14.6 Å². The summed E-state index contributed by atoms with van der Waals surface area (Å²) in [6, 6.07) is 21.4. The van der Waals surface area contributed by atoms with E-state index in [0.717, 1.165) is 18.4 Å². The van der Waals surface area contributed by atoms with Gasteiger partial charge in [0, 0.05) is 35.6 Å². The van der Waals surface area contributed by atoms with Crippen molar-refractivity contribution in [3.63, 3.8) is 0 Å². The summed E-state index contributed by atoms with van der Waals surface area (Å²) in [5.74, 6) is 0.583. The lowest BCUT2D eigenvalue weighted by Gasteiger charge is -2.24. The highest BCUT2D eigenvalue weighted by molar-refractivity contribution is 5.86. The third-order valence-corrected chi connectivity index (χ3v) is 6.57. The van der Waals surface area contributed by atoms with Crippen LogP contribution in [-0.2, 0) is 12.8 Å². The number of carbonyl (C=O) groups is 1. The molecular weight excluding hydrogens is 412 g/mol. The predicted octanol–water partition coefficient (Wildman–Crippen LogP) is 5.93. The Morgan fingerprint density at radius 2 is 1.85 bits per heavy atom. The van der Waals surface area contributed by atoms with E-state index in [9.17, 15) is 9.90 Å². The summed E-state index contributed by atoms with van der Waals surface area (Å²) in [6.45, 7) is 5.37. The monoisotopic (exact) mass is 440 g/mol. The van der Waals surface area contributed by atoms with Gasteiger partial charge >= 0.3 is 6.09 Å². The van der Waals surface area contributed by atoms with Crippen LogP contribution in [0, 0.1) is 6.92 Å². The number of benzene rings is 3. The highest BCUT2D eigenvalue weighted by Crippen LogP contribution is 2.36. The van der Waals surface area contributed by atoms with Crippen LogP contribution < -0.4 is 4.74 Å². The molecule has 2 heterocycles. The fourth-order valence-electron chi connectivity index (χ4n) is 4.70. The summed E-state index contributed by atoms with van der Waals surface area (Å²) in [6.07, 6.45) is 1.38. The maximum atomic E-state index is 13.1. The fraction of sp³-hybridized carbons (Fsp3) is 0.250. The number of aromatic hydroxyl groups is 1. The van der Waals surface area contributed by atoms with Gasteiger partial charge in [-0.1, -0.05) is 42.8 Å². The quantitative estimate of drug-likeness (QED) is 0.415. The topological polar surface area (TPSA) is 65.6 Å². The van der Waals surface area contributed by atoms with E-state index < -0.39 is 0 Å². The summed E-state index contributed by atoms with van der Waals surface area (Å²) in [5, 5.41) is 10.7. The van der Waals surface area contributed by atoms with E-state index in [2.05, 4.69) is 61.3 Å². The third-order valence-electron chi connectivity index (χ3n) is 6.57. The van der Waals surface area contributed by atoms with Crippen molar-refractivity contribution in [2.45, 2.75) is 32.6 Å². The Hall–Kier alpha value is -3.73. The molecule has 1 aromatic heterocycles. The third kappa shape index (κ3) is 4.19. The minimum absolute atomic E-state index is 0.0217. The number of H-pyrrole nitrogens is 1. The lowest BCUT2D eigenvalue weighted by atomic mass is 9.91. The number of aryl methyl sites for hydroxylation is 2. The van der Waals surface area contributed by atoms with Gasteiger partial charge in [0.25, 0.3) is 0 Å². The van der Waals surface area contributed by atoms with E-state index in [4.69, 9.17) is 4.74 Å². The molecule has 1 amide bonds. The van der Waals surface area contributed by atoms with Gasteiger partial charge in [-0.15, -0.1) is 0 Å². The van der Waals surface area contributed by atoms with E-state index >= 15 is 0 Å². The number of rotatable bonds is 3. The minimum atomic E-state index is -0.374. The number of nitrogens with one attached hydrogen (secondary N) is 1. The number of nitrogens with zero attached hydrogens (tertiary/aromatic N) is 1. The van der Waals surface area contributed by atoms with E-state index in [0.29, 0.717) is 18.8 Å². The molecule has 168 valence electrons. The van der Waals surface area contributed by atoms with Gasteiger partial charge in [-0.2, -0.15) is 0 Å². The summed E-state index contributed by atoms with van der Waals surface area (Å²) < 4.78 is 5.63. The van der Waals surface area contributed by atoms with Gasteiger partial charge in [-0.3, -0.25) is 0 Å². The molecule has 0 saturated carbocycles. The molecule has 4 aromatic rings. The van der Waals surface area contributed by atoms with Crippen LogP contribution in [0.5, 0.6) is 11.5 Å². The molecule has 0 bridgehead atoms. The van der Waals surface area contributed by atoms with Crippen LogP contribution in [0.1, 0.15) is 40.8 Å². The number of carbonyl (C=O) groups excluding carboxylic acids is 1. The van der Waals surface area contributed by atoms with Crippen molar-refractivity contribution in [1.29, 1.82) is 0 Å². The zero-order valence-corrected chi connectivity index (χ0v) is 19.0. The van der Waals surface area contributed by atoms with Gasteiger partial charge in [0.2, 0.25) is 0 Å². The molecule has 0 fully saturated rings. The van der Waals surface area contributed by atoms with Crippen LogP contribution in [0.2, 0.25) is 0 Å². The Bertz CT molecular complexity index is 1290. The Labute approximate surface area is 193 Å². The average molecular weight is 441 g/mol. The molecule has 1 aliphatic heterocycles. The van der Waals surface area contributed by atoms with E-state index in [-0.39, 0.29) is 17.8 Å². The van der Waals surface area contributed by atoms with Crippen LogP contribution in [0.3, 0.4) is 0 Å². The summed E-state index contributed by atoms with van der Waals surface area (Å²) >= 11 is 0. The summed E-state index contributed by atoms with van der Waals surface area (Å²) in [5.41, 5.74) is 7.30. The zero-order valence-electron chi connectivity index (χ0n) is 19.0. The number of hydrogen-bond donors (Lipinski definition) is 2. The van der Waals surface area contributed by atoms with Gasteiger partial charge in [0.1, 0.15) is 11.5 Å². The standard InChI is InChI=1S/C28H28N2O3/c1-3-19-5-7-20(8-6-19)25-17-30(28(32)33-22-11-9-21(31)10-12-22)15-14-23-24-16-18(2)4-13-26(24)29-27(23)25/h4-13,16,25,29,31H,3,14-15,17H2,1-2H3. The number of hydrogen-bond acceptors (Lipinski definition) is 3. The van der Waals surface area contributed by atoms with E-state index in [1.807, 2.05) is 0 Å². The Kier molecular flexibility index (Phi) is 5.55. The number of fused-ring (bicyclic) bond motifs is 3. The molecule has 0 radical (unpaired) electrons. The largest absolute Gasteiger partial charge is 0.508 e. The smallest absolute Gasteiger partial charge is 0.415 e. The first-order valence-electron chi connectivity index (χ1n) is 11.5. The molecule has 0 spiro atoms. The molecule has 5 rings (SSSR count). The second kappa shape index (κ2) is 8.66. The highest BCUT2D eigenvalue weighted by atomic mass is 16.6.